The van der Waals surface area contributed by atoms with Crippen molar-refractivity contribution in [1.29, 1.82) is 0 Å². The van der Waals surface area contributed by atoms with Crippen LogP contribution in [-0.4, -0.2) is 49.7 Å². The minimum absolute atomic E-state index is 0.754. The highest BCUT2D eigenvalue weighted by molar-refractivity contribution is 5.42. The summed E-state index contributed by atoms with van der Waals surface area (Å²) in [6.07, 6.45) is 3.84. The van der Waals surface area contributed by atoms with E-state index in [0.717, 1.165) is 43.7 Å². The SMILES string of the molecule is CCN(CCCN(C)C)c1cc(CNC2CC2)cc(C)n1. The molecule has 0 spiro atoms. The van der Waals surface area contributed by atoms with E-state index < -0.39 is 0 Å². The van der Waals surface area contributed by atoms with Crippen LogP contribution in [0.15, 0.2) is 12.1 Å². The molecule has 1 aromatic rings. The quantitative estimate of drug-likeness (QED) is 0.757. The fraction of sp³-hybridized carbons (Fsp3) is 0.706. The minimum Gasteiger partial charge on any atom is -0.357 e. The van der Waals surface area contributed by atoms with E-state index in [1.807, 2.05) is 0 Å². The van der Waals surface area contributed by atoms with Crippen molar-refractivity contribution in [2.24, 2.45) is 0 Å². The van der Waals surface area contributed by atoms with Gasteiger partial charge in [0.15, 0.2) is 0 Å². The molecule has 118 valence electrons. The summed E-state index contributed by atoms with van der Waals surface area (Å²) in [5.74, 6) is 1.13. The van der Waals surface area contributed by atoms with Crippen LogP contribution < -0.4 is 10.2 Å². The third-order valence-corrected chi connectivity index (χ3v) is 3.91. The Morgan fingerprint density at radius 3 is 2.62 bits per heavy atom. The Labute approximate surface area is 129 Å². The molecule has 0 radical (unpaired) electrons. The van der Waals surface area contributed by atoms with Gasteiger partial charge in [0.05, 0.1) is 0 Å². The maximum atomic E-state index is 4.73. The summed E-state index contributed by atoms with van der Waals surface area (Å²) in [5, 5.41) is 3.59. The molecule has 0 aliphatic heterocycles. The molecule has 1 N–H and O–H groups in total. The largest absolute Gasteiger partial charge is 0.357 e. The highest BCUT2D eigenvalue weighted by Gasteiger charge is 2.20. The number of rotatable bonds is 9. The maximum absolute atomic E-state index is 4.73. The fourth-order valence-electron chi connectivity index (χ4n) is 2.55. The average molecular weight is 290 g/mol. The maximum Gasteiger partial charge on any atom is 0.129 e. The molecular weight excluding hydrogens is 260 g/mol. The molecule has 1 aliphatic rings. The van der Waals surface area contributed by atoms with E-state index in [2.05, 4.69) is 55.2 Å². The molecule has 1 aliphatic carbocycles. The Morgan fingerprint density at radius 1 is 1.24 bits per heavy atom. The number of nitrogens with one attached hydrogen (secondary N) is 1. The van der Waals surface area contributed by atoms with Gasteiger partial charge in [-0.3, -0.25) is 0 Å². The predicted octanol–water partition coefficient (Wildman–Crippen LogP) is 2.42. The van der Waals surface area contributed by atoms with Crippen molar-refractivity contribution in [3.05, 3.63) is 23.4 Å². The Morgan fingerprint density at radius 2 is 2.00 bits per heavy atom. The molecule has 0 saturated heterocycles. The molecule has 1 aromatic heterocycles. The van der Waals surface area contributed by atoms with Crippen molar-refractivity contribution in [2.75, 3.05) is 38.6 Å². The lowest BCUT2D eigenvalue weighted by molar-refractivity contribution is 0.400. The summed E-state index contributed by atoms with van der Waals surface area (Å²) >= 11 is 0. The fourth-order valence-corrected chi connectivity index (χ4v) is 2.55. The average Bonchev–Trinajstić information content (AvgIpc) is 3.24. The summed E-state index contributed by atoms with van der Waals surface area (Å²) in [6.45, 7) is 8.48. The molecule has 0 unspecified atom stereocenters. The molecule has 4 heteroatoms. The van der Waals surface area contributed by atoms with Crippen molar-refractivity contribution in [3.8, 4) is 0 Å². The molecular formula is C17H30N4. The molecule has 0 aromatic carbocycles. The van der Waals surface area contributed by atoms with Gasteiger partial charge >= 0.3 is 0 Å². The summed E-state index contributed by atoms with van der Waals surface area (Å²) in [7, 11) is 4.26. The van der Waals surface area contributed by atoms with E-state index in [1.54, 1.807) is 0 Å². The van der Waals surface area contributed by atoms with Gasteiger partial charge in [0.2, 0.25) is 0 Å². The molecule has 0 bridgehead atoms. The molecule has 4 nitrogen and oxygen atoms in total. The summed E-state index contributed by atoms with van der Waals surface area (Å²) in [4.78, 5) is 9.35. The lowest BCUT2D eigenvalue weighted by Gasteiger charge is -2.24. The molecule has 21 heavy (non-hydrogen) atoms. The van der Waals surface area contributed by atoms with Crippen LogP contribution in [0.1, 0.15) is 37.4 Å². The van der Waals surface area contributed by atoms with Gasteiger partial charge in [-0.25, -0.2) is 4.98 Å². The van der Waals surface area contributed by atoms with Gasteiger partial charge in [0, 0.05) is 31.4 Å². The smallest absolute Gasteiger partial charge is 0.129 e. The Bertz CT molecular complexity index is 440. The molecule has 0 amide bonds. The zero-order valence-corrected chi connectivity index (χ0v) is 14.0. The van der Waals surface area contributed by atoms with E-state index in [1.165, 1.54) is 24.8 Å². The molecule has 1 saturated carbocycles. The first kappa shape index (κ1) is 16.2. The molecule has 1 fully saturated rings. The van der Waals surface area contributed by atoms with Crippen LogP contribution in [0.3, 0.4) is 0 Å². The number of pyridine rings is 1. The van der Waals surface area contributed by atoms with Gasteiger partial charge in [0.25, 0.3) is 0 Å². The normalized spacial score (nSPS) is 14.7. The second-order valence-electron chi connectivity index (χ2n) is 6.37. The zero-order valence-electron chi connectivity index (χ0n) is 14.0. The van der Waals surface area contributed by atoms with Gasteiger partial charge in [-0.15, -0.1) is 0 Å². The number of aromatic nitrogens is 1. The van der Waals surface area contributed by atoms with Crippen molar-refractivity contribution in [2.45, 2.75) is 45.7 Å². The van der Waals surface area contributed by atoms with Gasteiger partial charge in [-0.05, 0) is 71.4 Å². The number of hydrogen-bond donors (Lipinski definition) is 1. The number of hydrogen-bond acceptors (Lipinski definition) is 4. The van der Waals surface area contributed by atoms with Crippen LogP contribution in [0.5, 0.6) is 0 Å². The first-order chi connectivity index (χ1) is 10.1. The molecule has 2 rings (SSSR count). The van der Waals surface area contributed by atoms with Crippen LogP contribution in [0.25, 0.3) is 0 Å². The van der Waals surface area contributed by atoms with Gasteiger partial charge < -0.3 is 15.1 Å². The van der Waals surface area contributed by atoms with E-state index in [0.29, 0.717) is 0 Å². The van der Waals surface area contributed by atoms with Crippen LogP contribution in [0, 0.1) is 6.92 Å². The lowest BCUT2D eigenvalue weighted by atomic mass is 10.2. The Hall–Kier alpha value is -1.13. The van der Waals surface area contributed by atoms with E-state index in [4.69, 9.17) is 4.98 Å². The zero-order chi connectivity index (χ0) is 15.2. The van der Waals surface area contributed by atoms with E-state index in [9.17, 15) is 0 Å². The van der Waals surface area contributed by atoms with Crippen LogP contribution in [0.2, 0.25) is 0 Å². The molecule has 1 heterocycles. The highest BCUT2D eigenvalue weighted by Crippen LogP contribution is 2.20. The third-order valence-electron chi connectivity index (χ3n) is 3.91. The highest BCUT2D eigenvalue weighted by atomic mass is 15.2. The lowest BCUT2D eigenvalue weighted by Crippen LogP contribution is -2.28. The summed E-state index contributed by atoms with van der Waals surface area (Å²) < 4.78 is 0. The molecule has 0 atom stereocenters. The minimum atomic E-state index is 0.754. The number of anilines is 1. The van der Waals surface area contributed by atoms with Gasteiger partial charge in [-0.2, -0.15) is 0 Å². The van der Waals surface area contributed by atoms with Crippen molar-refractivity contribution >= 4 is 5.82 Å². The van der Waals surface area contributed by atoms with Gasteiger partial charge in [0.1, 0.15) is 5.82 Å². The topological polar surface area (TPSA) is 31.4 Å². The summed E-state index contributed by atoms with van der Waals surface area (Å²) in [6, 6.07) is 5.21. The van der Waals surface area contributed by atoms with Crippen LogP contribution >= 0.6 is 0 Å². The Kier molecular flexibility index (Phi) is 6.00. The first-order valence-corrected chi connectivity index (χ1v) is 8.19. The third kappa shape index (κ3) is 5.64. The monoisotopic (exact) mass is 290 g/mol. The second-order valence-corrected chi connectivity index (χ2v) is 6.37. The van der Waals surface area contributed by atoms with E-state index >= 15 is 0 Å². The summed E-state index contributed by atoms with van der Waals surface area (Å²) in [5.41, 5.74) is 2.47. The standard InChI is InChI=1S/C17H30N4/c1-5-21(10-6-9-20(3)4)17-12-15(11-14(2)19-17)13-18-16-7-8-16/h11-12,16,18H,5-10,13H2,1-4H3. The van der Waals surface area contributed by atoms with Crippen molar-refractivity contribution in [1.82, 2.24) is 15.2 Å². The van der Waals surface area contributed by atoms with Gasteiger partial charge in [-0.1, -0.05) is 0 Å². The van der Waals surface area contributed by atoms with Crippen LogP contribution in [-0.2, 0) is 6.54 Å². The first-order valence-electron chi connectivity index (χ1n) is 8.19. The number of nitrogens with zero attached hydrogens (tertiary/aromatic N) is 3. The van der Waals surface area contributed by atoms with Crippen LogP contribution in [0.4, 0.5) is 5.82 Å². The van der Waals surface area contributed by atoms with Crippen molar-refractivity contribution < 1.29 is 0 Å². The second kappa shape index (κ2) is 7.76. The van der Waals surface area contributed by atoms with E-state index in [-0.39, 0.29) is 0 Å². The predicted molar refractivity (Wildman–Crippen MR) is 89.9 cm³/mol. The Balaban J connectivity index is 1.97. The number of aryl methyl sites for hydroxylation is 1. The van der Waals surface area contributed by atoms with Crippen molar-refractivity contribution in [3.63, 3.8) is 0 Å².